The van der Waals surface area contributed by atoms with E-state index >= 15 is 0 Å². The number of oxazole rings is 1. The molecule has 0 atom stereocenters. The zero-order chi connectivity index (χ0) is 26.8. The van der Waals surface area contributed by atoms with E-state index in [1.54, 1.807) is 19.1 Å². The summed E-state index contributed by atoms with van der Waals surface area (Å²) < 4.78 is 22.4. The molecule has 1 fully saturated rings. The maximum Gasteiger partial charge on any atom is 0.410 e. The Bertz CT molecular complexity index is 1190. The van der Waals surface area contributed by atoms with Crippen LogP contribution in [0.3, 0.4) is 0 Å². The fourth-order valence-electron chi connectivity index (χ4n) is 4.37. The maximum atomic E-state index is 12.9. The van der Waals surface area contributed by atoms with Crippen molar-refractivity contribution in [2.45, 2.75) is 44.6 Å². The van der Waals surface area contributed by atoms with E-state index in [-0.39, 0.29) is 31.8 Å². The second-order valence-corrected chi connectivity index (χ2v) is 10.1. The van der Waals surface area contributed by atoms with Gasteiger partial charge in [-0.1, -0.05) is 0 Å². The average molecular weight is 508 g/mol. The standard InChI is InChI=1S/C28H33N3O6/c1-27(2,3)37-26(33)31-16-14-28(15-17-31,24(29)32)25-30-22(18-6-10-20(34-4)11-7-18)23(36-25)19-8-12-21(35-5)13-9-19/h6-13H,14-17H2,1-5H3,(H2,29,32). The van der Waals surface area contributed by atoms with Gasteiger partial charge in [0.25, 0.3) is 0 Å². The molecule has 0 radical (unpaired) electrons. The molecule has 2 amide bonds. The number of piperidine rings is 1. The second-order valence-electron chi connectivity index (χ2n) is 10.1. The SMILES string of the molecule is COc1ccc(-c2nc(C3(C(N)=O)CCN(C(=O)OC(C)(C)C)CC3)oc2-c2ccc(OC)cc2)cc1. The smallest absolute Gasteiger partial charge is 0.410 e. The van der Waals surface area contributed by atoms with Crippen molar-refractivity contribution in [3.63, 3.8) is 0 Å². The summed E-state index contributed by atoms with van der Waals surface area (Å²) in [7, 11) is 3.21. The van der Waals surface area contributed by atoms with Crippen LogP contribution in [-0.4, -0.2) is 54.8 Å². The lowest BCUT2D eigenvalue weighted by atomic mass is 9.77. The van der Waals surface area contributed by atoms with Crippen molar-refractivity contribution in [1.29, 1.82) is 0 Å². The van der Waals surface area contributed by atoms with Crippen LogP contribution < -0.4 is 15.2 Å². The van der Waals surface area contributed by atoms with Crippen molar-refractivity contribution in [2.24, 2.45) is 5.73 Å². The van der Waals surface area contributed by atoms with E-state index in [0.29, 0.717) is 23.0 Å². The fourth-order valence-corrected chi connectivity index (χ4v) is 4.37. The molecule has 9 heteroatoms. The number of nitrogens with two attached hydrogens (primary N) is 1. The van der Waals surface area contributed by atoms with Crippen LogP contribution in [0.4, 0.5) is 4.79 Å². The van der Waals surface area contributed by atoms with Gasteiger partial charge in [0.15, 0.2) is 5.76 Å². The molecule has 0 aliphatic carbocycles. The van der Waals surface area contributed by atoms with Crippen molar-refractivity contribution in [3.8, 4) is 34.1 Å². The molecule has 2 N–H and O–H groups in total. The Morgan fingerprint density at radius 1 is 0.919 bits per heavy atom. The predicted molar refractivity (Wildman–Crippen MR) is 138 cm³/mol. The minimum Gasteiger partial charge on any atom is -0.497 e. The molecule has 196 valence electrons. The molecule has 3 aromatic rings. The van der Waals surface area contributed by atoms with Crippen LogP contribution in [0.1, 0.15) is 39.5 Å². The summed E-state index contributed by atoms with van der Waals surface area (Å²) in [6.07, 6.45) is 0.120. The number of nitrogens with zero attached hydrogens (tertiary/aromatic N) is 2. The quantitative estimate of drug-likeness (QED) is 0.510. The topological polar surface area (TPSA) is 117 Å². The van der Waals surface area contributed by atoms with Gasteiger partial charge >= 0.3 is 6.09 Å². The molecule has 1 aromatic heterocycles. The number of hydrogen-bond donors (Lipinski definition) is 1. The van der Waals surface area contributed by atoms with Crippen molar-refractivity contribution in [1.82, 2.24) is 9.88 Å². The molecule has 1 aliphatic rings. The highest BCUT2D eigenvalue weighted by atomic mass is 16.6. The van der Waals surface area contributed by atoms with Crippen molar-refractivity contribution < 1.29 is 28.2 Å². The first-order chi connectivity index (χ1) is 17.6. The number of benzene rings is 2. The van der Waals surface area contributed by atoms with Gasteiger partial charge in [0.2, 0.25) is 11.8 Å². The van der Waals surface area contributed by atoms with Crippen molar-refractivity contribution in [2.75, 3.05) is 27.3 Å². The van der Waals surface area contributed by atoms with Gasteiger partial charge in [-0.05, 0) is 82.1 Å². The van der Waals surface area contributed by atoms with Crippen LogP contribution in [0.25, 0.3) is 22.6 Å². The van der Waals surface area contributed by atoms with Crippen LogP contribution in [0.15, 0.2) is 52.9 Å². The Morgan fingerprint density at radius 2 is 1.43 bits per heavy atom. The van der Waals surface area contributed by atoms with Crippen molar-refractivity contribution in [3.05, 3.63) is 54.4 Å². The number of methoxy groups -OCH3 is 2. The molecule has 4 rings (SSSR count). The van der Waals surface area contributed by atoms with E-state index in [9.17, 15) is 9.59 Å². The van der Waals surface area contributed by atoms with Crippen LogP contribution >= 0.6 is 0 Å². The lowest BCUT2D eigenvalue weighted by Gasteiger charge is -2.38. The van der Waals surface area contributed by atoms with Crippen LogP contribution in [0, 0.1) is 0 Å². The van der Waals surface area contributed by atoms with Crippen LogP contribution in [-0.2, 0) is 14.9 Å². The third kappa shape index (κ3) is 5.40. The third-order valence-electron chi connectivity index (χ3n) is 6.49. The van der Waals surface area contributed by atoms with Crippen LogP contribution in [0.2, 0.25) is 0 Å². The van der Waals surface area contributed by atoms with Gasteiger partial charge < -0.3 is 29.3 Å². The average Bonchev–Trinajstić information content (AvgIpc) is 3.33. The number of rotatable bonds is 6. The number of carbonyl (C=O) groups excluding carboxylic acids is 2. The summed E-state index contributed by atoms with van der Waals surface area (Å²) >= 11 is 0. The van der Waals surface area contributed by atoms with Gasteiger partial charge in [-0.2, -0.15) is 0 Å². The summed E-state index contributed by atoms with van der Waals surface area (Å²) in [5, 5.41) is 0. The Hall–Kier alpha value is -4.01. The Kier molecular flexibility index (Phi) is 7.16. The predicted octanol–water partition coefficient (Wildman–Crippen LogP) is 4.78. The minimum absolute atomic E-state index is 0.237. The molecule has 0 bridgehead atoms. The molecule has 2 aromatic carbocycles. The minimum atomic E-state index is -1.16. The normalized spacial score (nSPS) is 15.2. The van der Waals surface area contributed by atoms with Crippen LogP contribution in [0.5, 0.6) is 11.5 Å². The summed E-state index contributed by atoms with van der Waals surface area (Å²) in [6, 6.07) is 14.9. The number of primary amides is 1. The summed E-state index contributed by atoms with van der Waals surface area (Å²) in [5.41, 5.74) is 6.34. The zero-order valence-electron chi connectivity index (χ0n) is 21.9. The third-order valence-corrected chi connectivity index (χ3v) is 6.49. The molecular formula is C28H33N3O6. The molecule has 37 heavy (non-hydrogen) atoms. The molecule has 1 aliphatic heterocycles. The Morgan fingerprint density at radius 3 is 1.89 bits per heavy atom. The molecule has 1 saturated heterocycles. The Labute approximate surface area is 216 Å². The summed E-state index contributed by atoms with van der Waals surface area (Å²) in [5.74, 6) is 1.62. The largest absolute Gasteiger partial charge is 0.497 e. The van der Waals surface area contributed by atoms with Crippen molar-refractivity contribution >= 4 is 12.0 Å². The number of aromatic nitrogens is 1. The first-order valence-corrected chi connectivity index (χ1v) is 12.1. The van der Waals surface area contributed by atoms with Gasteiger partial charge in [0.05, 0.1) is 14.2 Å². The highest BCUT2D eigenvalue weighted by Crippen LogP contribution is 2.41. The summed E-state index contributed by atoms with van der Waals surface area (Å²) in [4.78, 5) is 31.9. The monoisotopic (exact) mass is 507 g/mol. The number of ether oxygens (including phenoxy) is 3. The van der Waals surface area contributed by atoms with Gasteiger partial charge in [-0.25, -0.2) is 9.78 Å². The highest BCUT2D eigenvalue weighted by Gasteiger charge is 2.47. The van der Waals surface area contributed by atoms with Gasteiger partial charge in [0, 0.05) is 24.2 Å². The van der Waals surface area contributed by atoms with E-state index in [1.807, 2.05) is 69.3 Å². The molecule has 0 saturated carbocycles. The van der Waals surface area contributed by atoms with Gasteiger partial charge in [-0.15, -0.1) is 0 Å². The number of likely N-dealkylation sites (tertiary alicyclic amines) is 1. The van der Waals surface area contributed by atoms with E-state index in [1.165, 1.54) is 0 Å². The number of hydrogen-bond acceptors (Lipinski definition) is 7. The molecule has 0 spiro atoms. The van der Waals surface area contributed by atoms with E-state index in [2.05, 4.69) is 0 Å². The number of amides is 2. The maximum absolute atomic E-state index is 12.9. The highest BCUT2D eigenvalue weighted by molar-refractivity contribution is 5.87. The number of carbonyl (C=O) groups is 2. The van der Waals surface area contributed by atoms with Gasteiger partial charge in [-0.3, -0.25) is 4.79 Å². The molecule has 2 heterocycles. The second kappa shape index (κ2) is 10.2. The first-order valence-electron chi connectivity index (χ1n) is 12.1. The Balaban J connectivity index is 1.73. The molecule has 9 nitrogen and oxygen atoms in total. The van der Waals surface area contributed by atoms with E-state index in [0.717, 1.165) is 11.1 Å². The summed E-state index contributed by atoms with van der Waals surface area (Å²) in [6.45, 7) is 6.02. The first kappa shape index (κ1) is 26.1. The lowest BCUT2D eigenvalue weighted by Crippen LogP contribution is -2.52. The van der Waals surface area contributed by atoms with Gasteiger partial charge in [0.1, 0.15) is 28.2 Å². The lowest BCUT2D eigenvalue weighted by molar-refractivity contribution is -0.126. The zero-order valence-corrected chi connectivity index (χ0v) is 21.9. The molecule has 0 unspecified atom stereocenters. The van der Waals surface area contributed by atoms with E-state index < -0.39 is 23.0 Å². The fraction of sp³-hybridized carbons (Fsp3) is 0.393. The van der Waals surface area contributed by atoms with E-state index in [4.69, 9.17) is 29.3 Å². The molecular weight excluding hydrogens is 474 g/mol.